The number of nitrogens with one attached hydrogen (secondary N) is 1. The van der Waals surface area contributed by atoms with Crippen molar-refractivity contribution in [2.75, 3.05) is 5.32 Å². The van der Waals surface area contributed by atoms with Crippen molar-refractivity contribution in [1.29, 1.82) is 0 Å². The molecular formula is C11H17ClFN3. The van der Waals surface area contributed by atoms with Crippen LogP contribution in [0.25, 0.3) is 0 Å². The second-order valence-electron chi connectivity index (χ2n) is 4.30. The Morgan fingerprint density at radius 2 is 2.12 bits per heavy atom. The van der Waals surface area contributed by atoms with Gasteiger partial charge in [0, 0.05) is 5.54 Å². The summed E-state index contributed by atoms with van der Waals surface area (Å²) in [6.45, 7) is 7.51. The maximum atomic E-state index is 13.8. The molecule has 0 spiro atoms. The van der Waals surface area contributed by atoms with Crippen LogP contribution in [-0.4, -0.2) is 20.9 Å². The molecule has 0 aliphatic rings. The second kappa shape index (κ2) is 4.95. The molecule has 0 saturated heterocycles. The summed E-state index contributed by atoms with van der Waals surface area (Å²) in [5.41, 5.74) is -0.0163. The summed E-state index contributed by atoms with van der Waals surface area (Å²) in [6, 6.07) is 0. The van der Waals surface area contributed by atoms with E-state index in [2.05, 4.69) is 15.3 Å². The maximum Gasteiger partial charge on any atom is 0.186 e. The average molecular weight is 246 g/mol. The number of hydrogen-bond acceptors (Lipinski definition) is 3. The molecular weight excluding hydrogens is 229 g/mol. The zero-order chi connectivity index (χ0) is 12.3. The largest absolute Gasteiger partial charge is 0.361 e. The molecule has 0 fully saturated rings. The lowest BCUT2D eigenvalue weighted by molar-refractivity contribution is 0.534. The third kappa shape index (κ3) is 2.82. The van der Waals surface area contributed by atoms with Crippen LogP contribution >= 0.6 is 11.6 Å². The number of aromatic nitrogens is 2. The lowest BCUT2D eigenvalue weighted by Crippen LogP contribution is -2.39. The van der Waals surface area contributed by atoms with Crippen molar-refractivity contribution in [3.63, 3.8) is 0 Å². The van der Waals surface area contributed by atoms with Crippen LogP contribution in [0.1, 0.15) is 33.4 Å². The first kappa shape index (κ1) is 13.2. The molecule has 90 valence electrons. The Morgan fingerprint density at radius 3 is 2.62 bits per heavy atom. The fourth-order valence-electron chi connectivity index (χ4n) is 1.14. The van der Waals surface area contributed by atoms with Gasteiger partial charge in [0.25, 0.3) is 0 Å². The normalized spacial score (nSPS) is 13.6. The molecule has 1 rings (SSSR count). The van der Waals surface area contributed by atoms with E-state index < -0.39 is 11.4 Å². The number of nitrogens with zero attached hydrogens (tertiary/aromatic N) is 2. The van der Waals surface area contributed by atoms with Crippen molar-refractivity contribution in [2.45, 2.75) is 45.0 Å². The Kier molecular flexibility index (Phi) is 4.08. The van der Waals surface area contributed by atoms with Crippen LogP contribution in [0.2, 0.25) is 0 Å². The van der Waals surface area contributed by atoms with Crippen LogP contribution in [-0.2, 0) is 6.42 Å². The smallest absolute Gasteiger partial charge is 0.186 e. The molecule has 1 aromatic heterocycles. The minimum atomic E-state index is -0.429. The topological polar surface area (TPSA) is 37.8 Å². The molecule has 1 heterocycles. The van der Waals surface area contributed by atoms with Gasteiger partial charge in [-0.05, 0) is 27.2 Å². The highest BCUT2D eigenvalue weighted by Gasteiger charge is 2.26. The molecule has 0 aromatic carbocycles. The number of halogens is 2. The third-order valence-electron chi connectivity index (χ3n) is 2.63. The van der Waals surface area contributed by atoms with Crippen molar-refractivity contribution in [2.24, 2.45) is 0 Å². The summed E-state index contributed by atoms with van der Waals surface area (Å²) < 4.78 is 13.8. The molecule has 0 aliphatic carbocycles. The van der Waals surface area contributed by atoms with E-state index in [1.807, 2.05) is 27.7 Å². The van der Waals surface area contributed by atoms with Crippen molar-refractivity contribution < 1.29 is 4.39 Å². The molecule has 0 amide bonds. The highest BCUT2D eigenvalue weighted by atomic mass is 35.5. The zero-order valence-corrected chi connectivity index (χ0v) is 10.8. The fraction of sp³-hybridized carbons (Fsp3) is 0.636. The van der Waals surface area contributed by atoms with Gasteiger partial charge in [0.05, 0.1) is 11.1 Å². The summed E-state index contributed by atoms with van der Waals surface area (Å²) in [5.74, 6) is -0.181. The van der Waals surface area contributed by atoms with Crippen molar-refractivity contribution in [3.05, 3.63) is 17.8 Å². The Labute approximate surface area is 100 Å². The summed E-state index contributed by atoms with van der Waals surface area (Å²) in [5, 5.41) is 2.86. The van der Waals surface area contributed by atoms with Gasteiger partial charge < -0.3 is 5.32 Å². The first-order valence-corrected chi connectivity index (χ1v) is 5.73. The Morgan fingerprint density at radius 1 is 1.50 bits per heavy atom. The van der Waals surface area contributed by atoms with E-state index in [1.54, 1.807) is 0 Å². The second-order valence-corrected chi connectivity index (χ2v) is 4.95. The van der Waals surface area contributed by atoms with E-state index in [1.165, 1.54) is 6.33 Å². The lowest BCUT2D eigenvalue weighted by Gasteiger charge is -2.29. The van der Waals surface area contributed by atoms with E-state index in [0.717, 1.165) is 0 Å². The monoisotopic (exact) mass is 245 g/mol. The van der Waals surface area contributed by atoms with Crippen LogP contribution in [0.5, 0.6) is 0 Å². The molecule has 0 bridgehead atoms. The van der Waals surface area contributed by atoms with Gasteiger partial charge in [0.1, 0.15) is 6.33 Å². The van der Waals surface area contributed by atoms with Crippen molar-refractivity contribution in [1.82, 2.24) is 9.97 Å². The molecule has 0 radical (unpaired) electrons. The van der Waals surface area contributed by atoms with Gasteiger partial charge in [-0.2, -0.15) is 0 Å². The minimum absolute atomic E-state index is 0.146. The Hall–Kier alpha value is -0.900. The molecule has 1 aromatic rings. The molecule has 1 N–H and O–H groups in total. The minimum Gasteiger partial charge on any atom is -0.361 e. The average Bonchev–Trinajstić information content (AvgIpc) is 2.20. The standard InChI is InChI=1S/C11H17ClFN3/c1-5-8-9(13)10(15-6-14-8)16-11(3,4)7(2)12/h6-7H,5H2,1-4H3,(H,14,15,16). The predicted octanol–water partition coefficient (Wildman–Crippen LogP) is 3.00. The lowest BCUT2D eigenvalue weighted by atomic mass is 10.0. The van der Waals surface area contributed by atoms with E-state index >= 15 is 0 Å². The van der Waals surface area contributed by atoms with Gasteiger partial charge in [-0.3, -0.25) is 0 Å². The van der Waals surface area contributed by atoms with Crippen molar-refractivity contribution in [3.8, 4) is 0 Å². The molecule has 1 atom stereocenters. The van der Waals surface area contributed by atoms with E-state index in [0.29, 0.717) is 12.1 Å². The molecule has 5 heteroatoms. The highest BCUT2D eigenvalue weighted by Crippen LogP contribution is 2.23. The van der Waals surface area contributed by atoms with Gasteiger partial charge in [0.2, 0.25) is 0 Å². The van der Waals surface area contributed by atoms with E-state index in [9.17, 15) is 4.39 Å². The summed E-state index contributed by atoms with van der Waals surface area (Å²) in [6.07, 6.45) is 1.90. The van der Waals surface area contributed by atoms with Gasteiger partial charge in [0.15, 0.2) is 11.6 Å². The van der Waals surface area contributed by atoms with Gasteiger partial charge in [-0.1, -0.05) is 6.92 Å². The molecule has 3 nitrogen and oxygen atoms in total. The van der Waals surface area contributed by atoms with Crippen LogP contribution in [0.4, 0.5) is 10.2 Å². The highest BCUT2D eigenvalue weighted by molar-refractivity contribution is 6.21. The van der Waals surface area contributed by atoms with Crippen molar-refractivity contribution >= 4 is 17.4 Å². The molecule has 16 heavy (non-hydrogen) atoms. The summed E-state index contributed by atoms with van der Waals surface area (Å²) in [4.78, 5) is 7.77. The number of aryl methyl sites for hydroxylation is 1. The van der Waals surface area contributed by atoms with E-state index in [-0.39, 0.29) is 11.2 Å². The SMILES string of the molecule is CCc1ncnc(NC(C)(C)C(C)Cl)c1F. The number of alkyl halides is 1. The first-order valence-electron chi connectivity index (χ1n) is 5.30. The Bertz CT molecular complexity index is 366. The first-order chi connectivity index (χ1) is 7.38. The molecule has 0 aliphatic heterocycles. The van der Waals surface area contributed by atoms with Gasteiger partial charge in [-0.15, -0.1) is 11.6 Å². The maximum absolute atomic E-state index is 13.8. The Balaban J connectivity index is 2.98. The van der Waals surface area contributed by atoms with Crippen LogP contribution < -0.4 is 5.32 Å². The fourth-order valence-corrected chi connectivity index (χ4v) is 1.20. The summed E-state index contributed by atoms with van der Waals surface area (Å²) in [7, 11) is 0. The molecule has 1 unspecified atom stereocenters. The quantitative estimate of drug-likeness (QED) is 0.829. The van der Waals surface area contributed by atoms with Crippen LogP contribution in [0.3, 0.4) is 0 Å². The predicted molar refractivity (Wildman–Crippen MR) is 64.4 cm³/mol. The zero-order valence-electron chi connectivity index (χ0n) is 10.0. The third-order valence-corrected chi connectivity index (χ3v) is 3.18. The van der Waals surface area contributed by atoms with E-state index in [4.69, 9.17) is 11.6 Å². The van der Waals surface area contributed by atoms with Crippen LogP contribution in [0.15, 0.2) is 6.33 Å². The van der Waals surface area contributed by atoms with Gasteiger partial charge in [-0.25, -0.2) is 14.4 Å². The number of anilines is 1. The number of rotatable bonds is 4. The molecule has 0 saturated carbocycles. The summed E-state index contributed by atoms with van der Waals surface area (Å²) >= 11 is 6.02. The number of hydrogen-bond donors (Lipinski definition) is 1. The van der Waals surface area contributed by atoms with Crippen LogP contribution in [0, 0.1) is 5.82 Å². The van der Waals surface area contributed by atoms with Gasteiger partial charge >= 0.3 is 0 Å².